The van der Waals surface area contributed by atoms with Gasteiger partial charge in [-0.3, -0.25) is 4.79 Å². The van der Waals surface area contributed by atoms with Crippen molar-refractivity contribution < 1.29 is 9.90 Å². The standard InChI is InChI=1S/C17H26N2O2/c1-12(16(18)14-7-3-2-4-8-14)17(21)19-11-13-6-5-9-15(20)10-13/h2-4,7-8,12-13,15-16,20H,5-6,9-11,18H2,1H3,(H,19,21). The zero-order valence-electron chi connectivity index (χ0n) is 12.7. The Hall–Kier alpha value is -1.39. The minimum Gasteiger partial charge on any atom is -0.393 e. The van der Waals surface area contributed by atoms with Crippen molar-refractivity contribution in [2.45, 2.75) is 44.8 Å². The lowest BCUT2D eigenvalue weighted by Gasteiger charge is -2.27. The Bertz CT molecular complexity index is 449. The highest BCUT2D eigenvalue weighted by Gasteiger charge is 2.24. The molecule has 0 heterocycles. The number of aliphatic hydroxyl groups is 1. The number of amides is 1. The van der Waals surface area contributed by atoms with Gasteiger partial charge in [-0.15, -0.1) is 0 Å². The SMILES string of the molecule is CC(C(=O)NCC1CCCC(O)C1)C(N)c1ccccc1. The molecule has 0 aromatic heterocycles. The Labute approximate surface area is 126 Å². The van der Waals surface area contributed by atoms with Gasteiger partial charge in [0, 0.05) is 12.6 Å². The van der Waals surface area contributed by atoms with Crippen LogP contribution in [0.2, 0.25) is 0 Å². The van der Waals surface area contributed by atoms with E-state index in [0.29, 0.717) is 12.5 Å². The third-order valence-electron chi connectivity index (χ3n) is 4.46. The largest absolute Gasteiger partial charge is 0.393 e. The van der Waals surface area contributed by atoms with Crippen molar-refractivity contribution in [2.24, 2.45) is 17.6 Å². The maximum atomic E-state index is 12.2. The fourth-order valence-electron chi connectivity index (χ4n) is 2.98. The molecule has 21 heavy (non-hydrogen) atoms. The first kappa shape index (κ1) is 16.0. The molecule has 4 N–H and O–H groups in total. The summed E-state index contributed by atoms with van der Waals surface area (Å²) in [6.45, 7) is 2.50. The van der Waals surface area contributed by atoms with Crippen LogP contribution in [-0.2, 0) is 4.79 Å². The van der Waals surface area contributed by atoms with Crippen molar-refractivity contribution in [1.29, 1.82) is 0 Å². The smallest absolute Gasteiger partial charge is 0.224 e. The van der Waals surface area contributed by atoms with Gasteiger partial charge in [-0.05, 0) is 30.7 Å². The number of benzene rings is 1. The molecule has 1 aromatic rings. The Morgan fingerprint density at radius 1 is 1.38 bits per heavy atom. The number of nitrogens with one attached hydrogen (secondary N) is 1. The van der Waals surface area contributed by atoms with Crippen molar-refractivity contribution >= 4 is 5.91 Å². The van der Waals surface area contributed by atoms with Crippen LogP contribution in [0.4, 0.5) is 0 Å². The summed E-state index contributed by atoms with van der Waals surface area (Å²) in [6, 6.07) is 9.42. The van der Waals surface area contributed by atoms with Crippen LogP contribution < -0.4 is 11.1 Å². The summed E-state index contributed by atoms with van der Waals surface area (Å²) in [7, 11) is 0. The van der Waals surface area contributed by atoms with Crippen LogP contribution >= 0.6 is 0 Å². The second-order valence-corrected chi connectivity index (χ2v) is 6.16. The maximum absolute atomic E-state index is 12.2. The van der Waals surface area contributed by atoms with Gasteiger partial charge in [-0.25, -0.2) is 0 Å². The van der Waals surface area contributed by atoms with E-state index in [4.69, 9.17) is 5.73 Å². The van der Waals surface area contributed by atoms with E-state index in [-0.39, 0.29) is 24.0 Å². The molecular weight excluding hydrogens is 264 g/mol. The van der Waals surface area contributed by atoms with E-state index in [9.17, 15) is 9.90 Å². The molecule has 0 aliphatic heterocycles. The number of carbonyl (C=O) groups excluding carboxylic acids is 1. The van der Waals surface area contributed by atoms with Crippen LogP contribution in [-0.4, -0.2) is 23.7 Å². The predicted molar refractivity (Wildman–Crippen MR) is 83.5 cm³/mol. The van der Waals surface area contributed by atoms with Gasteiger partial charge in [0.15, 0.2) is 0 Å². The highest BCUT2D eigenvalue weighted by Crippen LogP contribution is 2.24. The monoisotopic (exact) mass is 290 g/mol. The third-order valence-corrected chi connectivity index (χ3v) is 4.46. The zero-order chi connectivity index (χ0) is 15.2. The van der Waals surface area contributed by atoms with Gasteiger partial charge in [0.25, 0.3) is 0 Å². The lowest BCUT2D eigenvalue weighted by atomic mass is 9.87. The molecule has 0 saturated heterocycles. The number of hydrogen-bond donors (Lipinski definition) is 3. The summed E-state index contributed by atoms with van der Waals surface area (Å²) < 4.78 is 0. The van der Waals surface area contributed by atoms with E-state index in [1.165, 1.54) is 0 Å². The molecule has 4 unspecified atom stereocenters. The van der Waals surface area contributed by atoms with Gasteiger partial charge in [0.05, 0.1) is 12.0 Å². The quantitative estimate of drug-likeness (QED) is 0.776. The first-order valence-corrected chi connectivity index (χ1v) is 7.84. The van der Waals surface area contributed by atoms with Crippen LogP contribution in [0.25, 0.3) is 0 Å². The minimum absolute atomic E-state index is 0.00795. The molecule has 4 nitrogen and oxygen atoms in total. The molecule has 1 saturated carbocycles. The molecular formula is C17H26N2O2. The van der Waals surface area contributed by atoms with Crippen molar-refractivity contribution in [3.8, 4) is 0 Å². The van der Waals surface area contributed by atoms with Crippen LogP contribution in [0.3, 0.4) is 0 Å². The Balaban J connectivity index is 1.82. The predicted octanol–water partition coefficient (Wildman–Crippen LogP) is 1.99. The average Bonchev–Trinajstić information content (AvgIpc) is 2.52. The van der Waals surface area contributed by atoms with Gasteiger partial charge >= 0.3 is 0 Å². The van der Waals surface area contributed by atoms with Gasteiger partial charge in [0.1, 0.15) is 0 Å². The van der Waals surface area contributed by atoms with Crippen LogP contribution in [0.5, 0.6) is 0 Å². The second-order valence-electron chi connectivity index (χ2n) is 6.16. The molecule has 1 fully saturated rings. The van der Waals surface area contributed by atoms with Crippen molar-refractivity contribution in [1.82, 2.24) is 5.32 Å². The Kier molecular flexibility index (Phi) is 5.76. The van der Waals surface area contributed by atoms with E-state index >= 15 is 0 Å². The number of hydrogen-bond acceptors (Lipinski definition) is 3. The van der Waals surface area contributed by atoms with Crippen molar-refractivity contribution in [3.63, 3.8) is 0 Å². The van der Waals surface area contributed by atoms with Crippen molar-refractivity contribution in [3.05, 3.63) is 35.9 Å². The van der Waals surface area contributed by atoms with E-state index in [2.05, 4.69) is 5.32 Å². The second kappa shape index (κ2) is 7.57. The fourth-order valence-corrected chi connectivity index (χ4v) is 2.98. The molecule has 2 rings (SSSR count). The molecule has 1 amide bonds. The first-order chi connectivity index (χ1) is 10.1. The number of carbonyl (C=O) groups is 1. The number of nitrogens with two attached hydrogens (primary N) is 1. The van der Waals surface area contributed by atoms with Gasteiger partial charge in [0.2, 0.25) is 5.91 Å². The molecule has 1 aliphatic carbocycles. The minimum atomic E-state index is -0.289. The fraction of sp³-hybridized carbons (Fsp3) is 0.588. The molecule has 4 atom stereocenters. The molecule has 1 aromatic carbocycles. The topological polar surface area (TPSA) is 75.3 Å². The van der Waals surface area contributed by atoms with E-state index < -0.39 is 0 Å². The van der Waals surface area contributed by atoms with Crippen LogP contribution in [0, 0.1) is 11.8 Å². The molecule has 1 aliphatic rings. The Morgan fingerprint density at radius 2 is 2.10 bits per heavy atom. The molecule has 0 spiro atoms. The molecule has 0 bridgehead atoms. The normalized spacial score (nSPS) is 25.1. The van der Waals surface area contributed by atoms with Gasteiger partial charge in [-0.1, -0.05) is 43.7 Å². The van der Waals surface area contributed by atoms with Crippen LogP contribution in [0.1, 0.15) is 44.2 Å². The van der Waals surface area contributed by atoms with Crippen molar-refractivity contribution in [2.75, 3.05) is 6.54 Å². The molecule has 0 radical (unpaired) electrons. The highest BCUT2D eigenvalue weighted by atomic mass is 16.3. The summed E-state index contributed by atoms with van der Waals surface area (Å²) in [6.07, 6.45) is 3.60. The zero-order valence-corrected chi connectivity index (χ0v) is 12.7. The summed E-state index contributed by atoms with van der Waals surface area (Å²) in [5, 5.41) is 12.7. The lowest BCUT2D eigenvalue weighted by Crippen LogP contribution is -2.39. The molecule has 4 heteroatoms. The summed E-state index contributed by atoms with van der Waals surface area (Å²) in [5.41, 5.74) is 7.15. The van der Waals surface area contributed by atoms with Gasteiger partial charge in [-0.2, -0.15) is 0 Å². The summed E-state index contributed by atoms with van der Waals surface area (Å²) in [4.78, 5) is 12.2. The first-order valence-electron chi connectivity index (χ1n) is 7.84. The molecule has 116 valence electrons. The lowest BCUT2D eigenvalue weighted by molar-refractivity contribution is -0.125. The van der Waals surface area contributed by atoms with Gasteiger partial charge < -0.3 is 16.2 Å². The van der Waals surface area contributed by atoms with Crippen LogP contribution in [0.15, 0.2) is 30.3 Å². The number of aliphatic hydroxyl groups excluding tert-OH is 1. The van der Waals surface area contributed by atoms with E-state index in [0.717, 1.165) is 31.2 Å². The highest BCUT2D eigenvalue weighted by molar-refractivity contribution is 5.79. The third kappa shape index (κ3) is 4.55. The van der Waals surface area contributed by atoms with E-state index in [1.807, 2.05) is 37.3 Å². The summed E-state index contributed by atoms with van der Waals surface area (Å²) in [5.74, 6) is 0.116. The Morgan fingerprint density at radius 3 is 2.76 bits per heavy atom. The average molecular weight is 290 g/mol. The number of rotatable bonds is 5. The maximum Gasteiger partial charge on any atom is 0.224 e. The summed E-state index contributed by atoms with van der Waals surface area (Å²) >= 11 is 0. The van der Waals surface area contributed by atoms with E-state index in [1.54, 1.807) is 0 Å².